The number of sulfonamides is 1. The Balaban J connectivity index is 2.37. The van der Waals surface area contributed by atoms with E-state index >= 15 is 0 Å². The van der Waals surface area contributed by atoms with Gasteiger partial charge in [-0.1, -0.05) is 29.3 Å². The summed E-state index contributed by atoms with van der Waals surface area (Å²) < 4.78 is 26.4. The zero-order valence-electron chi connectivity index (χ0n) is 8.97. The van der Waals surface area contributed by atoms with Crippen molar-refractivity contribution in [1.82, 2.24) is 4.98 Å². The number of benzene rings is 1. The third-order valence-corrected chi connectivity index (χ3v) is 3.82. The van der Waals surface area contributed by atoms with Crippen molar-refractivity contribution >= 4 is 39.0 Å². The van der Waals surface area contributed by atoms with E-state index in [-0.39, 0.29) is 20.8 Å². The lowest BCUT2D eigenvalue weighted by molar-refractivity contribution is 0.601. The van der Waals surface area contributed by atoms with E-state index in [1.165, 1.54) is 24.4 Å². The Kier molecular flexibility index (Phi) is 3.75. The van der Waals surface area contributed by atoms with Gasteiger partial charge in [-0.15, -0.1) is 0 Å². The number of hydrogen-bond donors (Lipinski definition) is 1. The van der Waals surface area contributed by atoms with Gasteiger partial charge in [0.2, 0.25) is 0 Å². The Hall–Kier alpha value is -1.30. The van der Waals surface area contributed by atoms with Crippen LogP contribution < -0.4 is 4.72 Å². The molecule has 94 valence electrons. The molecule has 2 aromatic rings. The average molecular weight is 303 g/mol. The normalized spacial score (nSPS) is 11.2. The SMILES string of the molecule is O=S(=O)(Nc1ccccn1)c1cc(Cl)cc(Cl)c1. The molecule has 1 aromatic carbocycles. The van der Waals surface area contributed by atoms with Gasteiger partial charge in [0.25, 0.3) is 10.0 Å². The molecular weight excluding hydrogens is 295 g/mol. The third-order valence-electron chi connectivity index (χ3n) is 2.05. The van der Waals surface area contributed by atoms with E-state index in [2.05, 4.69) is 9.71 Å². The van der Waals surface area contributed by atoms with E-state index in [0.29, 0.717) is 0 Å². The van der Waals surface area contributed by atoms with Gasteiger partial charge in [-0.3, -0.25) is 4.72 Å². The van der Waals surface area contributed by atoms with E-state index in [0.717, 1.165) is 0 Å². The average Bonchev–Trinajstić information content (AvgIpc) is 2.28. The number of aromatic nitrogens is 1. The first-order valence-electron chi connectivity index (χ1n) is 4.87. The Morgan fingerprint density at radius 3 is 2.28 bits per heavy atom. The zero-order chi connectivity index (χ0) is 13.2. The summed E-state index contributed by atoms with van der Waals surface area (Å²) in [4.78, 5) is 3.87. The van der Waals surface area contributed by atoms with Crippen LogP contribution in [0.4, 0.5) is 5.82 Å². The summed E-state index contributed by atoms with van der Waals surface area (Å²) in [6.07, 6.45) is 1.49. The van der Waals surface area contributed by atoms with E-state index < -0.39 is 10.0 Å². The first kappa shape index (κ1) is 13.1. The summed E-state index contributed by atoms with van der Waals surface area (Å²) in [5, 5.41) is 0.507. The number of rotatable bonds is 3. The minimum Gasteiger partial charge on any atom is -0.263 e. The van der Waals surface area contributed by atoms with Gasteiger partial charge in [0.15, 0.2) is 0 Å². The van der Waals surface area contributed by atoms with Gasteiger partial charge in [0, 0.05) is 16.2 Å². The molecule has 0 unspecified atom stereocenters. The quantitative estimate of drug-likeness (QED) is 0.947. The molecule has 0 spiro atoms. The van der Waals surface area contributed by atoms with Crippen molar-refractivity contribution < 1.29 is 8.42 Å². The fourth-order valence-corrected chi connectivity index (χ4v) is 3.04. The van der Waals surface area contributed by atoms with Gasteiger partial charge in [-0.05, 0) is 30.3 Å². The highest BCUT2D eigenvalue weighted by Gasteiger charge is 2.16. The minimum absolute atomic E-state index is 0.00865. The third kappa shape index (κ3) is 3.13. The maximum atomic E-state index is 12.0. The van der Waals surface area contributed by atoms with Crippen LogP contribution in [0.15, 0.2) is 47.5 Å². The molecule has 4 nitrogen and oxygen atoms in total. The molecule has 0 radical (unpaired) electrons. The predicted octanol–water partition coefficient (Wildman–Crippen LogP) is 3.19. The largest absolute Gasteiger partial charge is 0.263 e. The summed E-state index contributed by atoms with van der Waals surface area (Å²) in [5.74, 6) is 0.230. The van der Waals surface area contributed by atoms with E-state index in [9.17, 15) is 8.42 Å². The van der Waals surface area contributed by atoms with E-state index in [1.807, 2.05) is 0 Å². The zero-order valence-corrected chi connectivity index (χ0v) is 11.3. The first-order chi connectivity index (χ1) is 8.47. The summed E-state index contributed by atoms with van der Waals surface area (Å²) >= 11 is 11.5. The Bertz CT molecular complexity index is 640. The predicted molar refractivity (Wildman–Crippen MR) is 71.5 cm³/mol. The number of nitrogens with one attached hydrogen (secondary N) is 1. The highest BCUT2D eigenvalue weighted by Crippen LogP contribution is 2.23. The maximum absolute atomic E-state index is 12.0. The lowest BCUT2D eigenvalue weighted by Gasteiger charge is -2.07. The van der Waals surface area contributed by atoms with Gasteiger partial charge in [-0.25, -0.2) is 13.4 Å². The second-order valence-electron chi connectivity index (χ2n) is 3.43. The lowest BCUT2D eigenvalue weighted by Crippen LogP contribution is -2.13. The Labute approximate surface area is 115 Å². The molecule has 2 rings (SSSR count). The molecule has 1 heterocycles. The van der Waals surface area contributed by atoms with Crippen LogP contribution in [0.3, 0.4) is 0 Å². The number of halogens is 2. The van der Waals surface area contributed by atoms with Crippen LogP contribution in [0.5, 0.6) is 0 Å². The van der Waals surface area contributed by atoms with Crippen LogP contribution in [0, 0.1) is 0 Å². The second-order valence-corrected chi connectivity index (χ2v) is 5.98. The van der Waals surface area contributed by atoms with Crippen LogP contribution in [0.2, 0.25) is 10.0 Å². The highest BCUT2D eigenvalue weighted by atomic mass is 35.5. The van der Waals surface area contributed by atoms with Crippen LogP contribution in [0.25, 0.3) is 0 Å². The van der Waals surface area contributed by atoms with E-state index in [4.69, 9.17) is 23.2 Å². The van der Waals surface area contributed by atoms with Crippen molar-refractivity contribution in [3.63, 3.8) is 0 Å². The van der Waals surface area contributed by atoms with E-state index in [1.54, 1.807) is 18.2 Å². The molecule has 18 heavy (non-hydrogen) atoms. The molecule has 7 heteroatoms. The number of pyridine rings is 1. The molecule has 0 bridgehead atoms. The topological polar surface area (TPSA) is 59.1 Å². The van der Waals surface area contributed by atoms with Crippen molar-refractivity contribution in [2.45, 2.75) is 4.90 Å². The molecule has 1 N–H and O–H groups in total. The van der Waals surface area contributed by atoms with Gasteiger partial charge >= 0.3 is 0 Å². The number of hydrogen-bond acceptors (Lipinski definition) is 3. The molecule has 1 aromatic heterocycles. The smallest absolute Gasteiger partial charge is 0.263 e. The molecular formula is C11H8Cl2N2O2S. The Morgan fingerprint density at radius 2 is 1.72 bits per heavy atom. The second kappa shape index (κ2) is 5.14. The standard InChI is InChI=1S/C11H8Cl2N2O2S/c12-8-5-9(13)7-10(6-8)18(16,17)15-11-3-1-2-4-14-11/h1-7H,(H,14,15). The molecule has 0 amide bonds. The monoisotopic (exact) mass is 302 g/mol. The number of anilines is 1. The first-order valence-corrected chi connectivity index (χ1v) is 7.11. The molecule has 0 aliphatic rings. The Morgan fingerprint density at radius 1 is 1.06 bits per heavy atom. The van der Waals surface area contributed by atoms with Gasteiger partial charge < -0.3 is 0 Å². The van der Waals surface area contributed by atoms with Crippen molar-refractivity contribution in [2.75, 3.05) is 4.72 Å². The van der Waals surface area contributed by atoms with Crippen LogP contribution in [-0.2, 0) is 10.0 Å². The minimum atomic E-state index is -3.74. The van der Waals surface area contributed by atoms with Gasteiger partial charge in [0.1, 0.15) is 5.82 Å². The van der Waals surface area contributed by atoms with Gasteiger partial charge in [0.05, 0.1) is 4.90 Å². The van der Waals surface area contributed by atoms with Crippen LogP contribution >= 0.6 is 23.2 Å². The fourth-order valence-electron chi connectivity index (χ4n) is 1.30. The fraction of sp³-hybridized carbons (Fsp3) is 0. The molecule has 0 aliphatic heterocycles. The maximum Gasteiger partial charge on any atom is 0.263 e. The summed E-state index contributed by atoms with van der Waals surface area (Å²) in [6.45, 7) is 0. The number of nitrogens with zero attached hydrogens (tertiary/aromatic N) is 1. The molecule has 0 saturated carbocycles. The van der Waals surface area contributed by atoms with Crippen molar-refractivity contribution in [3.8, 4) is 0 Å². The molecule has 0 aliphatic carbocycles. The summed E-state index contributed by atoms with van der Waals surface area (Å²) in [6, 6.07) is 9.01. The van der Waals surface area contributed by atoms with Crippen molar-refractivity contribution in [3.05, 3.63) is 52.6 Å². The molecule has 0 fully saturated rings. The van der Waals surface area contributed by atoms with Crippen LogP contribution in [-0.4, -0.2) is 13.4 Å². The highest BCUT2D eigenvalue weighted by molar-refractivity contribution is 7.92. The van der Waals surface area contributed by atoms with Gasteiger partial charge in [-0.2, -0.15) is 0 Å². The summed E-state index contributed by atoms with van der Waals surface area (Å²) in [5.41, 5.74) is 0. The lowest BCUT2D eigenvalue weighted by atomic mass is 10.4. The van der Waals surface area contributed by atoms with Crippen molar-refractivity contribution in [1.29, 1.82) is 0 Å². The summed E-state index contributed by atoms with van der Waals surface area (Å²) in [7, 11) is -3.74. The van der Waals surface area contributed by atoms with Crippen LogP contribution in [0.1, 0.15) is 0 Å². The molecule has 0 atom stereocenters. The molecule has 0 saturated heterocycles. The van der Waals surface area contributed by atoms with Crippen molar-refractivity contribution in [2.24, 2.45) is 0 Å².